The molecule has 0 spiro atoms. The number of hydrogen-bond acceptors (Lipinski definition) is 5. The lowest BCUT2D eigenvalue weighted by Crippen LogP contribution is -2.38. The fraction of sp³-hybridized carbons (Fsp3) is 0.0952. The van der Waals surface area contributed by atoms with Crippen LogP contribution in [0.15, 0.2) is 66.6 Å². The zero-order chi connectivity index (χ0) is 19.5. The summed E-state index contributed by atoms with van der Waals surface area (Å²) < 4.78 is 5.51. The number of ether oxygens (including phenoxy) is 1. The number of aromatic nitrogens is 1. The van der Waals surface area contributed by atoms with Crippen molar-refractivity contribution in [3.63, 3.8) is 0 Å². The van der Waals surface area contributed by atoms with Crippen molar-refractivity contribution in [3.05, 3.63) is 72.1 Å². The van der Waals surface area contributed by atoms with E-state index in [0.29, 0.717) is 34.4 Å². The third-order valence-corrected chi connectivity index (χ3v) is 5.03. The number of thiazole rings is 1. The first kappa shape index (κ1) is 17.9. The fourth-order valence-electron chi connectivity index (χ4n) is 2.91. The first-order chi connectivity index (χ1) is 13.7. The minimum absolute atomic E-state index is 0.0204. The first-order valence-corrected chi connectivity index (χ1v) is 9.54. The van der Waals surface area contributed by atoms with E-state index >= 15 is 0 Å². The van der Waals surface area contributed by atoms with Gasteiger partial charge in [0.25, 0.3) is 11.8 Å². The monoisotopic (exact) mass is 391 g/mol. The van der Waals surface area contributed by atoms with Crippen molar-refractivity contribution in [2.75, 3.05) is 23.4 Å². The number of carbonyl (C=O) groups excluding carboxylic acids is 2. The molecule has 6 nitrogen and oxygen atoms in total. The number of fused-ring (bicyclic) bond motifs is 1. The molecule has 1 aliphatic heterocycles. The van der Waals surface area contributed by atoms with Gasteiger partial charge in [-0.15, -0.1) is 17.9 Å². The molecule has 2 amide bonds. The predicted molar refractivity (Wildman–Crippen MR) is 110 cm³/mol. The number of amides is 2. The Labute approximate surface area is 166 Å². The van der Waals surface area contributed by atoms with E-state index in [1.165, 1.54) is 11.3 Å². The van der Waals surface area contributed by atoms with Gasteiger partial charge in [0, 0.05) is 23.1 Å². The van der Waals surface area contributed by atoms with Gasteiger partial charge >= 0.3 is 0 Å². The Balaban J connectivity index is 1.58. The number of hydrogen-bond donors (Lipinski definition) is 1. The lowest BCUT2D eigenvalue weighted by molar-refractivity contribution is -0.121. The van der Waals surface area contributed by atoms with Gasteiger partial charge < -0.3 is 9.64 Å². The smallest absolute Gasteiger partial charge is 0.265 e. The molecule has 28 heavy (non-hydrogen) atoms. The van der Waals surface area contributed by atoms with E-state index in [-0.39, 0.29) is 18.4 Å². The van der Waals surface area contributed by atoms with Gasteiger partial charge in [-0.3, -0.25) is 14.9 Å². The van der Waals surface area contributed by atoms with Gasteiger partial charge in [-0.1, -0.05) is 24.3 Å². The molecule has 0 saturated heterocycles. The highest BCUT2D eigenvalue weighted by Crippen LogP contribution is 2.36. The molecule has 0 atom stereocenters. The minimum atomic E-state index is -0.205. The van der Waals surface area contributed by atoms with Crippen molar-refractivity contribution in [1.82, 2.24) is 4.98 Å². The standard InChI is InChI=1S/C21H17N3O3S/c1-2-10-24-17-11-15(8-9-18(17)27-12-19(24)25)16-13-28-21(22-16)23-20(26)14-6-4-3-5-7-14/h2-9,11,13H,1,10,12H2,(H,22,23,26). The van der Waals surface area contributed by atoms with Crippen LogP contribution in [-0.2, 0) is 4.79 Å². The molecule has 2 aromatic carbocycles. The summed E-state index contributed by atoms with van der Waals surface area (Å²) in [6.07, 6.45) is 1.68. The van der Waals surface area contributed by atoms with Crippen LogP contribution in [0.1, 0.15) is 10.4 Å². The van der Waals surface area contributed by atoms with Crippen molar-refractivity contribution < 1.29 is 14.3 Å². The fourth-order valence-corrected chi connectivity index (χ4v) is 3.63. The van der Waals surface area contributed by atoms with E-state index < -0.39 is 0 Å². The number of anilines is 2. The normalized spacial score (nSPS) is 12.9. The Morgan fingerprint density at radius 1 is 1.29 bits per heavy atom. The van der Waals surface area contributed by atoms with Crippen molar-refractivity contribution in [2.45, 2.75) is 0 Å². The Morgan fingerprint density at radius 2 is 2.11 bits per heavy atom. The Kier molecular flexibility index (Phi) is 4.90. The average molecular weight is 391 g/mol. The van der Waals surface area contributed by atoms with Gasteiger partial charge in [0.05, 0.1) is 11.4 Å². The zero-order valence-corrected chi connectivity index (χ0v) is 15.7. The van der Waals surface area contributed by atoms with Crippen LogP contribution in [0, 0.1) is 0 Å². The highest BCUT2D eigenvalue weighted by Gasteiger charge is 2.25. The molecule has 0 bridgehead atoms. The molecular weight excluding hydrogens is 374 g/mol. The van der Waals surface area contributed by atoms with Gasteiger partial charge in [0.1, 0.15) is 5.75 Å². The third kappa shape index (κ3) is 3.52. The molecule has 2 heterocycles. The van der Waals surface area contributed by atoms with Crippen LogP contribution in [-0.4, -0.2) is 29.9 Å². The quantitative estimate of drug-likeness (QED) is 0.668. The molecule has 1 aliphatic rings. The lowest BCUT2D eigenvalue weighted by atomic mass is 10.1. The summed E-state index contributed by atoms with van der Waals surface area (Å²) in [5.74, 6) is 0.333. The van der Waals surface area contributed by atoms with E-state index in [1.54, 1.807) is 23.1 Å². The van der Waals surface area contributed by atoms with Gasteiger partial charge in [-0.05, 0) is 30.3 Å². The molecule has 0 fully saturated rings. The van der Waals surface area contributed by atoms with Crippen molar-refractivity contribution in [3.8, 4) is 17.0 Å². The van der Waals surface area contributed by atoms with Crippen LogP contribution in [0.5, 0.6) is 5.75 Å². The van der Waals surface area contributed by atoms with Crippen LogP contribution < -0.4 is 15.0 Å². The maximum Gasteiger partial charge on any atom is 0.265 e. The van der Waals surface area contributed by atoms with E-state index in [0.717, 1.165) is 5.56 Å². The second-order valence-electron chi connectivity index (χ2n) is 6.12. The molecule has 0 aliphatic carbocycles. The van der Waals surface area contributed by atoms with Gasteiger partial charge in [-0.25, -0.2) is 4.98 Å². The third-order valence-electron chi connectivity index (χ3n) is 4.27. The lowest BCUT2D eigenvalue weighted by Gasteiger charge is -2.28. The molecule has 7 heteroatoms. The van der Waals surface area contributed by atoms with Crippen molar-refractivity contribution >= 4 is 34.0 Å². The molecule has 0 saturated carbocycles. The summed E-state index contributed by atoms with van der Waals surface area (Å²) in [6, 6.07) is 14.6. The van der Waals surface area contributed by atoms with E-state index in [9.17, 15) is 9.59 Å². The largest absolute Gasteiger partial charge is 0.482 e. The number of carbonyl (C=O) groups is 2. The van der Waals surface area contributed by atoms with E-state index in [4.69, 9.17) is 4.74 Å². The van der Waals surface area contributed by atoms with Crippen LogP contribution in [0.2, 0.25) is 0 Å². The van der Waals surface area contributed by atoms with Crippen molar-refractivity contribution in [1.29, 1.82) is 0 Å². The van der Waals surface area contributed by atoms with Crippen molar-refractivity contribution in [2.24, 2.45) is 0 Å². The summed E-state index contributed by atoms with van der Waals surface area (Å²) in [6.45, 7) is 4.14. The Hall–Kier alpha value is -3.45. The molecule has 3 aromatic rings. The number of nitrogens with zero attached hydrogens (tertiary/aromatic N) is 2. The van der Waals surface area contributed by atoms with Gasteiger partial charge in [-0.2, -0.15) is 0 Å². The maximum atomic E-state index is 12.3. The number of rotatable bonds is 5. The van der Waals surface area contributed by atoms with Crippen LogP contribution in [0.4, 0.5) is 10.8 Å². The summed E-state index contributed by atoms with van der Waals surface area (Å²) in [7, 11) is 0. The number of benzene rings is 2. The molecule has 140 valence electrons. The molecule has 1 N–H and O–H groups in total. The van der Waals surface area contributed by atoms with Crippen LogP contribution in [0.3, 0.4) is 0 Å². The summed E-state index contributed by atoms with van der Waals surface area (Å²) >= 11 is 1.35. The summed E-state index contributed by atoms with van der Waals surface area (Å²) in [5, 5.41) is 5.19. The van der Waals surface area contributed by atoms with Crippen LogP contribution >= 0.6 is 11.3 Å². The van der Waals surface area contributed by atoms with E-state index in [2.05, 4.69) is 16.9 Å². The maximum absolute atomic E-state index is 12.3. The second-order valence-corrected chi connectivity index (χ2v) is 6.98. The van der Waals surface area contributed by atoms with Gasteiger partial charge in [0.2, 0.25) is 0 Å². The van der Waals surface area contributed by atoms with Crippen LogP contribution in [0.25, 0.3) is 11.3 Å². The predicted octanol–water partition coefficient (Wildman–Crippen LogP) is 3.97. The molecule has 4 rings (SSSR count). The second kappa shape index (κ2) is 7.66. The average Bonchev–Trinajstić information content (AvgIpc) is 3.19. The van der Waals surface area contributed by atoms with Gasteiger partial charge in [0.15, 0.2) is 11.7 Å². The Morgan fingerprint density at radius 3 is 2.89 bits per heavy atom. The molecule has 0 unspecified atom stereocenters. The highest BCUT2D eigenvalue weighted by atomic mass is 32.1. The molecule has 1 aromatic heterocycles. The molecular formula is C21H17N3O3S. The zero-order valence-electron chi connectivity index (χ0n) is 14.9. The Bertz CT molecular complexity index is 1050. The first-order valence-electron chi connectivity index (χ1n) is 8.66. The number of nitrogens with one attached hydrogen (secondary N) is 1. The molecule has 0 radical (unpaired) electrons. The summed E-state index contributed by atoms with van der Waals surface area (Å²) in [5.41, 5.74) is 2.82. The highest BCUT2D eigenvalue weighted by molar-refractivity contribution is 7.14. The van der Waals surface area contributed by atoms with E-state index in [1.807, 2.05) is 41.8 Å². The minimum Gasteiger partial charge on any atom is -0.482 e. The summed E-state index contributed by atoms with van der Waals surface area (Å²) in [4.78, 5) is 30.6. The topological polar surface area (TPSA) is 71.5 Å². The SMILES string of the molecule is C=CCN1C(=O)COc2ccc(-c3csc(NC(=O)c4ccccc4)n3)cc21.